The second kappa shape index (κ2) is 4.04. The van der Waals surface area contributed by atoms with Crippen molar-refractivity contribution in [2.45, 2.75) is 25.0 Å². The van der Waals surface area contributed by atoms with Gasteiger partial charge in [0, 0.05) is 24.3 Å². The highest BCUT2D eigenvalue weighted by Crippen LogP contribution is 2.31. The minimum atomic E-state index is 0.138. The van der Waals surface area contributed by atoms with E-state index in [0.29, 0.717) is 12.2 Å². The van der Waals surface area contributed by atoms with Crippen molar-refractivity contribution in [1.29, 1.82) is 5.41 Å². The van der Waals surface area contributed by atoms with Crippen molar-refractivity contribution in [2.24, 2.45) is 5.73 Å². The third kappa shape index (κ3) is 1.89. The topological polar surface area (TPSA) is 62.3 Å². The third-order valence-corrected chi connectivity index (χ3v) is 3.58. The van der Waals surface area contributed by atoms with Gasteiger partial charge in [0.15, 0.2) is 0 Å². The molecule has 3 rings (SSSR count). The number of anilines is 1. The summed E-state index contributed by atoms with van der Waals surface area (Å²) in [6.45, 7) is 1.83. The number of nitrogens with two attached hydrogens (primary N) is 1. The number of amidine groups is 1. The van der Waals surface area contributed by atoms with Gasteiger partial charge in [0.2, 0.25) is 0 Å². The van der Waals surface area contributed by atoms with Crippen LogP contribution in [0.2, 0.25) is 0 Å². The summed E-state index contributed by atoms with van der Waals surface area (Å²) < 4.78 is 5.82. The molecule has 0 aliphatic carbocycles. The maximum Gasteiger partial charge on any atom is 0.124 e. The standard InChI is InChI=1S/C13H17N3O/c14-13(15)11-3-1-2-4-12(11)16-7-9-5-6-10(8-16)17-9/h1-4,9-10H,5-8H2,(H3,14,15). The number of fused-ring (bicyclic) bond motifs is 2. The number of hydrogen-bond donors (Lipinski definition) is 2. The number of nitrogen functional groups attached to an aromatic ring is 1. The van der Waals surface area contributed by atoms with Gasteiger partial charge in [0.05, 0.1) is 12.2 Å². The van der Waals surface area contributed by atoms with Crippen LogP contribution in [0.15, 0.2) is 24.3 Å². The SMILES string of the molecule is N=C(N)c1ccccc1N1CC2CCC(C1)O2. The number of para-hydroxylation sites is 1. The van der Waals surface area contributed by atoms with E-state index in [-0.39, 0.29) is 5.84 Å². The Morgan fingerprint density at radius 2 is 1.88 bits per heavy atom. The van der Waals surface area contributed by atoms with Crippen LogP contribution < -0.4 is 10.6 Å². The summed E-state index contributed by atoms with van der Waals surface area (Å²) in [4.78, 5) is 2.31. The van der Waals surface area contributed by atoms with Crippen molar-refractivity contribution in [3.8, 4) is 0 Å². The van der Waals surface area contributed by atoms with Crippen LogP contribution in [-0.4, -0.2) is 31.1 Å². The highest BCUT2D eigenvalue weighted by Gasteiger charge is 2.34. The molecule has 1 aromatic rings. The zero-order chi connectivity index (χ0) is 11.8. The van der Waals surface area contributed by atoms with Crippen molar-refractivity contribution in [2.75, 3.05) is 18.0 Å². The van der Waals surface area contributed by atoms with Crippen molar-refractivity contribution < 1.29 is 4.74 Å². The molecule has 0 radical (unpaired) electrons. The molecule has 0 saturated carbocycles. The van der Waals surface area contributed by atoms with Gasteiger partial charge < -0.3 is 15.4 Å². The van der Waals surface area contributed by atoms with Crippen LogP contribution in [0.25, 0.3) is 0 Å². The molecule has 2 aliphatic heterocycles. The van der Waals surface area contributed by atoms with Crippen LogP contribution in [0.5, 0.6) is 0 Å². The number of benzene rings is 1. The lowest BCUT2D eigenvalue weighted by Crippen LogP contribution is -2.43. The Balaban J connectivity index is 1.91. The Morgan fingerprint density at radius 1 is 1.24 bits per heavy atom. The zero-order valence-corrected chi connectivity index (χ0v) is 9.73. The van der Waals surface area contributed by atoms with Gasteiger partial charge >= 0.3 is 0 Å². The molecule has 2 unspecified atom stereocenters. The highest BCUT2D eigenvalue weighted by atomic mass is 16.5. The lowest BCUT2D eigenvalue weighted by atomic mass is 10.1. The van der Waals surface area contributed by atoms with Crippen molar-refractivity contribution in [1.82, 2.24) is 0 Å². The normalized spacial score (nSPS) is 27.2. The van der Waals surface area contributed by atoms with Gasteiger partial charge in [-0.25, -0.2) is 0 Å². The monoisotopic (exact) mass is 231 g/mol. The predicted molar refractivity (Wildman–Crippen MR) is 67.6 cm³/mol. The van der Waals surface area contributed by atoms with Crippen LogP contribution in [0.4, 0.5) is 5.69 Å². The fraction of sp³-hybridized carbons (Fsp3) is 0.462. The van der Waals surface area contributed by atoms with E-state index in [9.17, 15) is 0 Å². The van der Waals surface area contributed by atoms with Crippen molar-refractivity contribution >= 4 is 11.5 Å². The van der Waals surface area contributed by atoms with Crippen LogP contribution in [0.1, 0.15) is 18.4 Å². The van der Waals surface area contributed by atoms with E-state index < -0.39 is 0 Å². The molecule has 2 saturated heterocycles. The summed E-state index contributed by atoms with van der Waals surface area (Å²) >= 11 is 0. The van der Waals surface area contributed by atoms with Crippen LogP contribution in [0, 0.1) is 5.41 Å². The Hall–Kier alpha value is -1.55. The Labute approximate surface area is 101 Å². The molecule has 90 valence electrons. The summed E-state index contributed by atoms with van der Waals surface area (Å²) in [5.41, 5.74) is 7.53. The highest BCUT2D eigenvalue weighted by molar-refractivity contribution is 6.00. The number of hydrogen-bond acceptors (Lipinski definition) is 3. The first-order valence-corrected chi connectivity index (χ1v) is 6.08. The predicted octanol–water partition coefficient (Wildman–Crippen LogP) is 1.34. The summed E-state index contributed by atoms with van der Waals surface area (Å²) in [5.74, 6) is 0.138. The molecule has 0 spiro atoms. The molecule has 0 aromatic heterocycles. The van der Waals surface area contributed by atoms with E-state index in [1.54, 1.807) is 0 Å². The van der Waals surface area contributed by atoms with Crippen LogP contribution in [-0.2, 0) is 4.74 Å². The first-order valence-electron chi connectivity index (χ1n) is 6.08. The van der Waals surface area contributed by atoms with E-state index in [1.165, 1.54) is 0 Å². The minimum absolute atomic E-state index is 0.138. The van der Waals surface area contributed by atoms with Gasteiger partial charge in [0.1, 0.15) is 5.84 Å². The average molecular weight is 231 g/mol. The second-order valence-electron chi connectivity index (χ2n) is 4.79. The molecular formula is C13H17N3O. The summed E-state index contributed by atoms with van der Waals surface area (Å²) in [7, 11) is 0. The third-order valence-electron chi connectivity index (χ3n) is 3.58. The number of rotatable bonds is 2. The summed E-state index contributed by atoms with van der Waals surface area (Å²) in [5, 5.41) is 7.63. The quantitative estimate of drug-likeness (QED) is 0.596. The number of morpholine rings is 1. The molecule has 3 N–H and O–H groups in total. The number of ether oxygens (including phenoxy) is 1. The number of nitrogens with one attached hydrogen (secondary N) is 1. The number of nitrogens with zero attached hydrogens (tertiary/aromatic N) is 1. The average Bonchev–Trinajstić information content (AvgIpc) is 2.68. The molecule has 4 heteroatoms. The molecule has 2 atom stereocenters. The fourth-order valence-electron chi connectivity index (χ4n) is 2.79. The van der Waals surface area contributed by atoms with Gasteiger partial charge in [-0.05, 0) is 25.0 Å². The zero-order valence-electron chi connectivity index (χ0n) is 9.73. The Kier molecular flexibility index (Phi) is 2.52. The van der Waals surface area contributed by atoms with Gasteiger partial charge in [-0.1, -0.05) is 12.1 Å². The first-order chi connectivity index (χ1) is 8.24. The summed E-state index contributed by atoms with van der Waals surface area (Å²) in [6, 6.07) is 7.88. The Morgan fingerprint density at radius 3 is 2.53 bits per heavy atom. The molecule has 2 bridgehead atoms. The first kappa shape index (κ1) is 10.6. The van der Waals surface area contributed by atoms with Gasteiger partial charge in [-0.2, -0.15) is 0 Å². The minimum Gasteiger partial charge on any atom is -0.384 e. The lowest BCUT2D eigenvalue weighted by molar-refractivity contribution is 0.0305. The lowest BCUT2D eigenvalue weighted by Gasteiger charge is -2.34. The van der Waals surface area contributed by atoms with Gasteiger partial charge in [-0.3, -0.25) is 5.41 Å². The molecular weight excluding hydrogens is 214 g/mol. The van der Waals surface area contributed by atoms with E-state index in [2.05, 4.69) is 4.90 Å². The van der Waals surface area contributed by atoms with E-state index >= 15 is 0 Å². The van der Waals surface area contributed by atoms with E-state index in [0.717, 1.165) is 37.2 Å². The van der Waals surface area contributed by atoms with Gasteiger partial charge in [0.25, 0.3) is 0 Å². The molecule has 17 heavy (non-hydrogen) atoms. The fourth-order valence-corrected chi connectivity index (χ4v) is 2.79. The van der Waals surface area contributed by atoms with Crippen LogP contribution in [0.3, 0.4) is 0 Å². The molecule has 4 nitrogen and oxygen atoms in total. The maximum absolute atomic E-state index is 7.63. The van der Waals surface area contributed by atoms with Crippen molar-refractivity contribution in [3.05, 3.63) is 29.8 Å². The molecule has 0 amide bonds. The molecule has 1 aromatic carbocycles. The van der Waals surface area contributed by atoms with Crippen molar-refractivity contribution in [3.63, 3.8) is 0 Å². The van der Waals surface area contributed by atoms with E-state index in [4.69, 9.17) is 15.9 Å². The molecule has 2 fully saturated rings. The molecule has 2 heterocycles. The largest absolute Gasteiger partial charge is 0.384 e. The van der Waals surface area contributed by atoms with E-state index in [1.807, 2.05) is 24.3 Å². The molecule has 2 aliphatic rings. The maximum atomic E-state index is 7.63. The Bertz CT molecular complexity index is 434. The second-order valence-corrected chi connectivity index (χ2v) is 4.79. The smallest absolute Gasteiger partial charge is 0.124 e. The summed E-state index contributed by atoms with van der Waals surface area (Å²) in [6.07, 6.45) is 3.02. The van der Waals surface area contributed by atoms with Gasteiger partial charge in [-0.15, -0.1) is 0 Å². The van der Waals surface area contributed by atoms with Crippen LogP contribution >= 0.6 is 0 Å².